The zero-order valence-electron chi connectivity index (χ0n) is 14.2. The predicted octanol–water partition coefficient (Wildman–Crippen LogP) is 3.87. The van der Waals surface area contributed by atoms with E-state index in [0.717, 1.165) is 5.56 Å². The second-order valence-corrected chi connectivity index (χ2v) is 7.44. The summed E-state index contributed by atoms with van der Waals surface area (Å²) in [6, 6.07) is 9.60. The molecule has 1 heterocycles. The Balaban J connectivity index is 1.89. The molecule has 3 rings (SSSR count). The Labute approximate surface area is 139 Å². The van der Waals surface area contributed by atoms with Crippen LogP contribution >= 0.6 is 0 Å². The fourth-order valence-corrected chi connectivity index (χ4v) is 4.52. The van der Waals surface area contributed by atoms with Crippen LogP contribution in [0.4, 0.5) is 4.79 Å². The number of nitrogens with two attached hydrogens (primary N) is 1. The van der Waals surface area contributed by atoms with Crippen molar-refractivity contribution in [3.63, 3.8) is 0 Å². The van der Waals surface area contributed by atoms with Gasteiger partial charge in [-0.2, -0.15) is 0 Å². The van der Waals surface area contributed by atoms with Crippen LogP contribution in [-0.4, -0.2) is 29.2 Å². The van der Waals surface area contributed by atoms with E-state index in [-0.39, 0.29) is 18.2 Å². The van der Waals surface area contributed by atoms with Crippen molar-refractivity contribution in [1.29, 1.82) is 0 Å². The molecule has 2 atom stereocenters. The third-order valence-electron chi connectivity index (χ3n) is 5.56. The number of carbonyl (C=O) groups excluding carboxylic acids is 1. The Kier molecular flexibility index (Phi) is 4.62. The van der Waals surface area contributed by atoms with Crippen molar-refractivity contribution in [2.24, 2.45) is 11.7 Å². The molecule has 1 saturated heterocycles. The smallest absolute Gasteiger partial charge is 0.315 e. The average Bonchev–Trinajstić information content (AvgIpc) is 2.55. The van der Waals surface area contributed by atoms with Gasteiger partial charge in [-0.15, -0.1) is 0 Å². The van der Waals surface area contributed by atoms with E-state index in [1.807, 2.05) is 35.2 Å². The van der Waals surface area contributed by atoms with Gasteiger partial charge in [-0.3, -0.25) is 0 Å². The SMILES string of the molecule is CC1(C)C(C2CCCCC2)OCC(c2ccccc2)N1C(N)=O. The maximum Gasteiger partial charge on any atom is 0.315 e. The standard InChI is InChI=1S/C19H28N2O2/c1-19(2)17(15-11-7-4-8-12-15)23-13-16(21(19)18(20)22)14-9-5-3-6-10-14/h3,5-6,9-10,15-17H,4,7-8,11-13H2,1-2H3,(H2,20,22). The fourth-order valence-electron chi connectivity index (χ4n) is 4.52. The maximum atomic E-state index is 12.3. The summed E-state index contributed by atoms with van der Waals surface area (Å²) in [7, 11) is 0. The summed E-state index contributed by atoms with van der Waals surface area (Å²) in [5, 5.41) is 0. The van der Waals surface area contributed by atoms with Gasteiger partial charge in [-0.25, -0.2) is 4.79 Å². The molecule has 126 valence electrons. The highest BCUT2D eigenvalue weighted by atomic mass is 16.5. The molecule has 2 unspecified atom stereocenters. The lowest BCUT2D eigenvalue weighted by molar-refractivity contribution is -0.149. The summed E-state index contributed by atoms with van der Waals surface area (Å²) >= 11 is 0. The number of primary amides is 1. The second-order valence-electron chi connectivity index (χ2n) is 7.44. The van der Waals surface area contributed by atoms with Crippen LogP contribution in [0.3, 0.4) is 0 Å². The van der Waals surface area contributed by atoms with E-state index in [9.17, 15) is 4.79 Å². The van der Waals surface area contributed by atoms with Crippen molar-refractivity contribution in [1.82, 2.24) is 4.90 Å². The number of ether oxygens (including phenoxy) is 1. The summed E-state index contributed by atoms with van der Waals surface area (Å²) in [5.41, 5.74) is 6.48. The van der Waals surface area contributed by atoms with Gasteiger partial charge >= 0.3 is 6.03 Å². The van der Waals surface area contributed by atoms with Crippen molar-refractivity contribution in [2.45, 2.75) is 63.6 Å². The lowest BCUT2D eigenvalue weighted by atomic mass is 9.75. The van der Waals surface area contributed by atoms with E-state index in [4.69, 9.17) is 10.5 Å². The van der Waals surface area contributed by atoms with Gasteiger partial charge in [0.15, 0.2) is 0 Å². The van der Waals surface area contributed by atoms with Gasteiger partial charge in [-0.05, 0) is 38.2 Å². The first-order chi connectivity index (χ1) is 11.0. The largest absolute Gasteiger partial charge is 0.373 e. The van der Waals surface area contributed by atoms with Gasteiger partial charge in [0.25, 0.3) is 0 Å². The molecule has 2 N–H and O–H groups in total. The fraction of sp³-hybridized carbons (Fsp3) is 0.632. The molecule has 4 nitrogen and oxygen atoms in total. The molecule has 4 heteroatoms. The third kappa shape index (κ3) is 3.09. The number of urea groups is 1. The van der Waals surface area contributed by atoms with E-state index in [0.29, 0.717) is 12.5 Å². The van der Waals surface area contributed by atoms with E-state index < -0.39 is 5.54 Å². The van der Waals surface area contributed by atoms with E-state index in [2.05, 4.69) is 13.8 Å². The van der Waals surface area contributed by atoms with Crippen LogP contribution in [0, 0.1) is 5.92 Å². The zero-order chi connectivity index (χ0) is 16.4. The quantitative estimate of drug-likeness (QED) is 0.900. The minimum absolute atomic E-state index is 0.0651. The molecule has 1 aliphatic heterocycles. The van der Waals surface area contributed by atoms with Crippen LogP contribution in [0.5, 0.6) is 0 Å². The van der Waals surface area contributed by atoms with Gasteiger partial charge in [0.1, 0.15) is 0 Å². The van der Waals surface area contributed by atoms with Gasteiger partial charge < -0.3 is 15.4 Å². The van der Waals surface area contributed by atoms with Crippen LogP contribution in [0.25, 0.3) is 0 Å². The van der Waals surface area contributed by atoms with Gasteiger partial charge in [0, 0.05) is 0 Å². The first-order valence-corrected chi connectivity index (χ1v) is 8.77. The average molecular weight is 316 g/mol. The number of amides is 2. The summed E-state index contributed by atoms with van der Waals surface area (Å²) in [5.74, 6) is 0.525. The molecular weight excluding hydrogens is 288 g/mol. The molecule has 1 saturated carbocycles. The first kappa shape index (κ1) is 16.3. The summed E-state index contributed by atoms with van der Waals surface area (Å²) < 4.78 is 6.33. The van der Waals surface area contributed by atoms with Gasteiger partial charge in [0.05, 0.1) is 24.3 Å². The maximum absolute atomic E-state index is 12.3. The number of carbonyl (C=O) groups is 1. The lowest BCUT2D eigenvalue weighted by Gasteiger charge is -2.53. The Morgan fingerprint density at radius 2 is 1.83 bits per heavy atom. The minimum Gasteiger partial charge on any atom is -0.373 e. The molecule has 0 radical (unpaired) electrons. The summed E-state index contributed by atoms with van der Waals surface area (Å²) in [6.07, 6.45) is 6.29. The van der Waals surface area contributed by atoms with Crippen LogP contribution in [0.1, 0.15) is 57.6 Å². The third-order valence-corrected chi connectivity index (χ3v) is 5.56. The monoisotopic (exact) mass is 316 g/mol. The van der Waals surface area contributed by atoms with E-state index in [1.165, 1.54) is 32.1 Å². The highest BCUT2D eigenvalue weighted by Gasteiger charge is 2.49. The highest BCUT2D eigenvalue weighted by molar-refractivity contribution is 5.74. The predicted molar refractivity (Wildman–Crippen MR) is 91.0 cm³/mol. The van der Waals surface area contributed by atoms with Crippen molar-refractivity contribution < 1.29 is 9.53 Å². The molecule has 0 spiro atoms. The van der Waals surface area contributed by atoms with Crippen molar-refractivity contribution in [3.8, 4) is 0 Å². The molecule has 2 fully saturated rings. The highest BCUT2D eigenvalue weighted by Crippen LogP contribution is 2.42. The number of rotatable bonds is 2. The molecule has 0 bridgehead atoms. The molecule has 1 aromatic carbocycles. The Hall–Kier alpha value is -1.55. The number of morpholine rings is 1. The molecule has 23 heavy (non-hydrogen) atoms. The van der Waals surface area contributed by atoms with Crippen molar-refractivity contribution in [3.05, 3.63) is 35.9 Å². The molecule has 1 aromatic rings. The molecular formula is C19H28N2O2. The Bertz CT molecular complexity index is 538. The van der Waals surface area contributed by atoms with Crippen LogP contribution in [0.2, 0.25) is 0 Å². The Morgan fingerprint density at radius 3 is 2.43 bits per heavy atom. The number of nitrogens with zero attached hydrogens (tertiary/aromatic N) is 1. The zero-order valence-corrected chi connectivity index (χ0v) is 14.2. The van der Waals surface area contributed by atoms with Crippen LogP contribution < -0.4 is 5.73 Å². The molecule has 0 aromatic heterocycles. The minimum atomic E-state index is -0.396. The molecule has 2 amide bonds. The van der Waals surface area contributed by atoms with Gasteiger partial charge in [-0.1, -0.05) is 49.6 Å². The first-order valence-electron chi connectivity index (χ1n) is 8.77. The Morgan fingerprint density at radius 1 is 1.17 bits per heavy atom. The van der Waals surface area contributed by atoms with Crippen molar-refractivity contribution in [2.75, 3.05) is 6.61 Å². The van der Waals surface area contributed by atoms with Crippen molar-refractivity contribution >= 4 is 6.03 Å². The van der Waals surface area contributed by atoms with Crippen LogP contribution in [0.15, 0.2) is 30.3 Å². The lowest BCUT2D eigenvalue weighted by Crippen LogP contribution is -2.64. The van der Waals surface area contributed by atoms with E-state index >= 15 is 0 Å². The number of hydrogen-bond donors (Lipinski definition) is 1. The summed E-state index contributed by atoms with van der Waals surface area (Å²) in [6.45, 7) is 4.73. The summed E-state index contributed by atoms with van der Waals surface area (Å²) in [4.78, 5) is 14.1. The normalized spacial score (nSPS) is 28.5. The molecule has 1 aliphatic carbocycles. The second kappa shape index (κ2) is 6.52. The number of benzene rings is 1. The van der Waals surface area contributed by atoms with Gasteiger partial charge in [0.2, 0.25) is 0 Å². The van der Waals surface area contributed by atoms with Crippen LogP contribution in [-0.2, 0) is 4.74 Å². The van der Waals surface area contributed by atoms with E-state index in [1.54, 1.807) is 0 Å². The molecule has 2 aliphatic rings. The number of hydrogen-bond acceptors (Lipinski definition) is 2. The topological polar surface area (TPSA) is 55.6 Å².